The van der Waals surface area contributed by atoms with E-state index in [4.69, 9.17) is 5.73 Å². The Bertz CT molecular complexity index is 512. The second kappa shape index (κ2) is 6.20. The summed E-state index contributed by atoms with van der Waals surface area (Å²) >= 11 is 1.44. The van der Waals surface area contributed by atoms with Crippen LogP contribution in [0.3, 0.4) is 0 Å². The Labute approximate surface area is 118 Å². The molecule has 1 atom stereocenters. The maximum atomic E-state index is 12.3. The van der Waals surface area contributed by atoms with Gasteiger partial charge in [-0.1, -0.05) is 11.8 Å². The third-order valence-corrected chi connectivity index (χ3v) is 4.30. The van der Waals surface area contributed by atoms with Gasteiger partial charge in [-0.05, 0) is 32.6 Å². The Morgan fingerprint density at radius 1 is 1.58 bits per heavy atom. The highest BCUT2D eigenvalue weighted by atomic mass is 32.1. The van der Waals surface area contributed by atoms with Crippen molar-refractivity contribution in [2.75, 3.05) is 33.7 Å². The molecule has 102 valence electrons. The molecule has 1 aromatic rings. The maximum absolute atomic E-state index is 12.3. The lowest BCUT2D eigenvalue weighted by Crippen LogP contribution is -2.34. The molecular formula is C14H19N3OS. The van der Waals surface area contributed by atoms with Crippen LogP contribution in [0.1, 0.15) is 21.0 Å². The molecule has 19 heavy (non-hydrogen) atoms. The van der Waals surface area contributed by atoms with Gasteiger partial charge in [0.1, 0.15) is 0 Å². The molecule has 0 radical (unpaired) electrons. The fourth-order valence-electron chi connectivity index (χ4n) is 2.16. The van der Waals surface area contributed by atoms with Crippen LogP contribution in [0.15, 0.2) is 12.1 Å². The molecule has 1 aromatic heterocycles. The zero-order valence-electron chi connectivity index (χ0n) is 11.3. The number of rotatable bonds is 2. The second-order valence-electron chi connectivity index (χ2n) is 4.83. The molecule has 1 fully saturated rings. The van der Waals surface area contributed by atoms with Gasteiger partial charge in [0.15, 0.2) is 0 Å². The first-order chi connectivity index (χ1) is 9.11. The molecule has 5 heteroatoms. The predicted octanol–water partition coefficient (Wildman–Crippen LogP) is 0.834. The molecule has 0 saturated carbocycles. The molecule has 1 saturated heterocycles. The summed E-state index contributed by atoms with van der Waals surface area (Å²) in [6, 6.07) is 4.22. The lowest BCUT2D eigenvalue weighted by molar-refractivity contribution is 0.0788. The van der Waals surface area contributed by atoms with Crippen LogP contribution in [0.4, 0.5) is 0 Å². The quantitative estimate of drug-likeness (QED) is 0.815. The molecule has 1 unspecified atom stereocenters. The lowest BCUT2D eigenvalue weighted by Gasteiger charge is -2.19. The lowest BCUT2D eigenvalue weighted by atomic mass is 10.2. The largest absolute Gasteiger partial charge is 0.336 e. The minimum atomic E-state index is 0.121. The normalized spacial score (nSPS) is 18.5. The number of likely N-dealkylation sites (N-methyl/N-ethyl adjacent to an activating group) is 1. The van der Waals surface area contributed by atoms with Crippen molar-refractivity contribution in [2.24, 2.45) is 5.73 Å². The van der Waals surface area contributed by atoms with Gasteiger partial charge in [0.2, 0.25) is 0 Å². The minimum Gasteiger partial charge on any atom is -0.336 e. The Morgan fingerprint density at radius 2 is 2.37 bits per heavy atom. The molecule has 2 rings (SSSR count). The third-order valence-electron chi connectivity index (χ3n) is 3.31. The second-order valence-corrected chi connectivity index (χ2v) is 5.91. The van der Waals surface area contributed by atoms with Gasteiger partial charge < -0.3 is 15.5 Å². The van der Waals surface area contributed by atoms with Crippen molar-refractivity contribution < 1.29 is 4.79 Å². The summed E-state index contributed by atoms with van der Waals surface area (Å²) in [4.78, 5) is 18.1. The van der Waals surface area contributed by atoms with Crippen molar-refractivity contribution in [3.8, 4) is 11.8 Å². The number of carbonyl (C=O) groups is 1. The molecule has 2 N–H and O–H groups in total. The van der Waals surface area contributed by atoms with Crippen LogP contribution < -0.4 is 5.73 Å². The van der Waals surface area contributed by atoms with E-state index < -0.39 is 0 Å². The van der Waals surface area contributed by atoms with E-state index in [1.807, 2.05) is 17.0 Å². The molecule has 0 spiro atoms. The fourth-order valence-corrected chi connectivity index (χ4v) is 3.01. The highest BCUT2D eigenvalue weighted by molar-refractivity contribution is 7.14. The average Bonchev–Trinajstić information content (AvgIpc) is 3.04. The topological polar surface area (TPSA) is 49.6 Å². The molecule has 1 aliphatic rings. The summed E-state index contributed by atoms with van der Waals surface area (Å²) in [7, 11) is 4.12. The number of nitrogens with zero attached hydrogens (tertiary/aromatic N) is 2. The summed E-state index contributed by atoms with van der Waals surface area (Å²) < 4.78 is 0. The number of nitrogens with two attached hydrogens (primary N) is 1. The van der Waals surface area contributed by atoms with Gasteiger partial charge in [0, 0.05) is 19.1 Å². The Balaban J connectivity index is 2.02. The SMILES string of the molecule is CN(C)C1CCN(C(=O)c2ccc(C#CCN)s2)C1. The molecule has 0 bridgehead atoms. The van der Waals surface area contributed by atoms with Gasteiger partial charge in [-0.2, -0.15) is 0 Å². The highest BCUT2D eigenvalue weighted by Gasteiger charge is 2.28. The average molecular weight is 277 g/mol. The van der Waals surface area contributed by atoms with Gasteiger partial charge >= 0.3 is 0 Å². The van der Waals surface area contributed by atoms with E-state index in [0.29, 0.717) is 12.6 Å². The number of carbonyl (C=O) groups excluding carboxylic acids is 1. The summed E-state index contributed by atoms with van der Waals surface area (Å²) in [5.74, 6) is 5.89. The predicted molar refractivity (Wildman–Crippen MR) is 78.2 cm³/mol. The number of likely N-dealkylation sites (tertiary alicyclic amines) is 1. The van der Waals surface area contributed by atoms with Crippen molar-refractivity contribution in [1.82, 2.24) is 9.80 Å². The van der Waals surface area contributed by atoms with Gasteiger partial charge in [-0.15, -0.1) is 11.3 Å². The summed E-state index contributed by atoms with van der Waals surface area (Å²) in [6.07, 6.45) is 1.05. The van der Waals surface area contributed by atoms with Crippen LogP contribution in [0.25, 0.3) is 0 Å². The maximum Gasteiger partial charge on any atom is 0.264 e. The number of hydrogen-bond donors (Lipinski definition) is 1. The molecule has 2 heterocycles. The van der Waals surface area contributed by atoms with E-state index >= 15 is 0 Å². The Kier molecular flexibility index (Phi) is 4.59. The zero-order chi connectivity index (χ0) is 13.8. The van der Waals surface area contributed by atoms with Crippen molar-refractivity contribution >= 4 is 17.2 Å². The van der Waals surface area contributed by atoms with Crippen LogP contribution in [-0.2, 0) is 0 Å². The highest BCUT2D eigenvalue weighted by Crippen LogP contribution is 2.21. The van der Waals surface area contributed by atoms with E-state index in [1.54, 1.807) is 0 Å². The first kappa shape index (κ1) is 14.1. The minimum absolute atomic E-state index is 0.121. The number of amides is 1. The van der Waals surface area contributed by atoms with Crippen LogP contribution >= 0.6 is 11.3 Å². The standard InChI is InChI=1S/C14H19N3OS/c1-16(2)11-7-9-17(10-11)14(18)13-6-5-12(19-13)4-3-8-15/h5-6,11H,7-10,15H2,1-2H3. The van der Waals surface area contributed by atoms with E-state index in [1.165, 1.54) is 11.3 Å². The van der Waals surface area contributed by atoms with Crippen molar-refractivity contribution in [2.45, 2.75) is 12.5 Å². The summed E-state index contributed by atoms with van der Waals surface area (Å²) in [5.41, 5.74) is 5.34. The van der Waals surface area contributed by atoms with E-state index in [0.717, 1.165) is 29.3 Å². The van der Waals surface area contributed by atoms with Crippen LogP contribution in [0, 0.1) is 11.8 Å². The van der Waals surface area contributed by atoms with Gasteiger partial charge in [-0.25, -0.2) is 0 Å². The van der Waals surface area contributed by atoms with Crippen LogP contribution in [0.2, 0.25) is 0 Å². The van der Waals surface area contributed by atoms with Gasteiger partial charge in [-0.3, -0.25) is 4.79 Å². The molecule has 0 aliphatic carbocycles. The Hall–Kier alpha value is -1.35. The number of thiophene rings is 1. The molecule has 1 amide bonds. The summed E-state index contributed by atoms with van der Waals surface area (Å²) in [5, 5.41) is 0. The van der Waals surface area contributed by atoms with Crippen molar-refractivity contribution in [3.63, 3.8) is 0 Å². The first-order valence-electron chi connectivity index (χ1n) is 6.36. The monoisotopic (exact) mass is 277 g/mol. The zero-order valence-corrected chi connectivity index (χ0v) is 12.2. The smallest absolute Gasteiger partial charge is 0.264 e. The first-order valence-corrected chi connectivity index (χ1v) is 7.18. The fraction of sp³-hybridized carbons (Fsp3) is 0.500. The molecule has 1 aliphatic heterocycles. The Morgan fingerprint density at radius 3 is 3.00 bits per heavy atom. The van der Waals surface area contributed by atoms with E-state index in [-0.39, 0.29) is 5.91 Å². The molecular weight excluding hydrogens is 258 g/mol. The van der Waals surface area contributed by atoms with Gasteiger partial charge in [0.05, 0.1) is 16.3 Å². The van der Waals surface area contributed by atoms with E-state index in [9.17, 15) is 4.79 Å². The van der Waals surface area contributed by atoms with Crippen LogP contribution in [-0.4, -0.2) is 55.5 Å². The molecule has 4 nitrogen and oxygen atoms in total. The van der Waals surface area contributed by atoms with E-state index in [2.05, 4.69) is 30.8 Å². The van der Waals surface area contributed by atoms with Crippen LogP contribution in [0.5, 0.6) is 0 Å². The number of hydrogen-bond acceptors (Lipinski definition) is 4. The van der Waals surface area contributed by atoms with Gasteiger partial charge in [0.25, 0.3) is 5.91 Å². The van der Waals surface area contributed by atoms with Crippen molar-refractivity contribution in [1.29, 1.82) is 0 Å². The van der Waals surface area contributed by atoms with Crippen molar-refractivity contribution in [3.05, 3.63) is 21.9 Å². The third kappa shape index (κ3) is 3.35. The summed E-state index contributed by atoms with van der Waals surface area (Å²) in [6.45, 7) is 1.99. The molecule has 0 aromatic carbocycles.